The van der Waals surface area contributed by atoms with Crippen LogP contribution in [0.3, 0.4) is 0 Å². The van der Waals surface area contributed by atoms with E-state index in [4.69, 9.17) is 4.98 Å². The Morgan fingerprint density at radius 2 is 2.08 bits per heavy atom. The van der Waals surface area contributed by atoms with Crippen LogP contribution < -0.4 is 0 Å². The standard InChI is InChI=1S/C19H25N3O2/c1-21(12-14-6-2-3-8-16(14)23)19(24)17-15-7-4-5-11-22(15)18(20-17)13-9-10-13/h4-5,7,11,13-14,16,23H,2-3,6,8-10,12H2,1H3. The predicted octanol–water partition coefficient (Wildman–Crippen LogP) is 2.83. The van der Waals surface area contributed by atoms with Crippen molar-refractivity contribution in [2.24, 2.45) is 5.92 Å². The maximum Gasteiger partial charge on any atom is 0.274 e. The lowest BCUT2D eigenvalue weighted by molar-refractivity contribution is 0.0449. The molecule has 2 aromatic heterocycles. The summed E-state index contributed by atoms with van der Waals surface area (Å²) in [6.45, 7) is 0.602. The summed E-state index contributed by atoms with van der Waals surface area (Å²) >= 11 is 0. The fourth-order valence-electron chi connectivity index (χ4n) is 3.86. The van der Waals surface area contributed by atoms with Crippen LogP contribution in [0, 0.1) is 5.92 Å². The molecule has 5 nitrogen and oxygen atoms in total. The van der Waals surface area contributed by atoms with Crippen molar-refractivity contribution < 1.29 is 9.90 Å². The third kappa shape index (κ3) is 2.81. The molecule has 0 aliphatic heterocycles. The minimum absolute atomic E-state index is 0.0385. The van der Waals surface area contributed by atoms with Crippen LogP contribution in [0.1, 0.15) is 60.8 Å². The van der Waals surface area contributed by atoms with Crippen molar-refractivity contribution in [3.8, 4) is 0 Å². The van der Waals surface area contributed by atoms with Crippen molar-refractivity contribution in [3.05, 3.63) is 35.9 Å². The number of hydrogen-bond acceptors (Lipinski definition) is 3. The minimum atomic E-state index is -0.283. The van der Waals surface area contributed by atoms with Crippen molar-refractivity contribution in [2.45, 2.75) is 50.5 Å². The molecule has 0 radical (unpaired) electrons. The highest BCUT2D eigenvalue weighted by Gasteiger charge is 2.32. The molecule has 1 N–H and O–H groups in total. The van der Waals surface area contributed by atoms with Crippen molar-refractivity contribution in [1.82, 2.24) is 14.3 Å². The Balaban J connectivity index is 1.58. The summed E-state index contributed by atoms with van der Waals surface area (Å²) in [6, 6.07) is 5.90. The molecule has 2 aliphatic carbocycles. The molecule has 2 aromatic rings. The van der Waals surface area contributed by atoms with Gasteiger partial charge in [0.05, 0.1) is 11.6 Å². The minimum Gasteiger partial charge on any atom is -0.393 e. The van der Waals surface area contributed by atoms with Gasteiger partial charge in [0.2, 0.25) is 0 Å². The zero-order valence-electron chi connectivity index (χ0n) is 14.2. The van der Waals surface area contributed by atoms with Crippen LogP contribution in [0.5, 0.6) is 0 Å². The highest BCUT2D eigenvalue weighted by atomic mass is 16.3. The average molecular weight is 327 g/mol. The second kappa shape index (κ2) is 6.20. The van der Waals surface area contributed by atoms with Crippen molar-refractivity contribution in [2.75, 3.05) is 13.6 Å². The van der Waals surface area contributed by atoms with Gasteiger partial charge in [0.25, 0.3) is 5.91 Å². The van der Waals surface area contributed by atoms with Gasteiger partial charge in [0.1, 0.15) is 5.82 Å². The van der Waals surface area contributed by atoms with Crippen LogP contribution in [-0.4, -0.2) is 45.0 Å². The van der Waals surface area contributed by atoms with E-state index in [1.54, 1.807) is 4.90 Å². The lowest BCUT2D eigenvalue weighted by Gasteiger charge is -2.31. The van der Waals surface area contributed by atoms with Crippen molar-refractivity contribution >= 4 is 11.4 Å². The van der Waals surface area contributed by atoms with Gasteiger partial charge >= 0.3 is 0 Å². The molecule has 24 heavy (non-hydrogen) atoms. The third-order valence-corrected chi connectivity index (χ3v) is 5.44. The lowest BCUT2D eigenvalue weighted by Crippen LogP contribution is -2.38. The number of fused-ring (bicyclic) bond motifs is 1. The van der Waals surface area contributed by atoms with E-state index in [0.29, 0.717) is 18.2 Å². The fraction of sp³-hybridized carbons (Fsp3) is 0.579. The zero-order chi connectivity index (χ0) is 16.7. The van der Waals surface area contributed by atoms with E-state index in [1.807, 2.05) is 31.4 Å². The molecule has 0 aromatic carbocycles. The number of aliphatic hydroxyl groups is 1. The largest absolute Gasteiger partial charge is 0.393 e. The summed E-state index contributed by atoms with van der Waals surface area (Å²) < 4.78 is 2.06. The van der Waals surface area contributed by atoms with Gasteiger partial charge in [-0.15, -0.1) is 0 Å². The topological polar surface area (TPSA) is 57.8 Å². The molecule has 4 rings (SSSR count). The van der Waals surface area contributed by atoms with E-state index in [1.165, 1.54) is 0 Å². The van der Waals surface area contributed by atoms with E-state index in [9.17, 15) is 9.90 Å². The van der Waals surface area contributed by atoms with E-state index >= 15 is 0 Å². The summed E-state index contributed by atoms with van der Waals surface area (Å²) in [5.74, 6) is 1.65. The smallest absolute Gasteiger partial charge is 0.274 e. The Hall–Kier alpha value is -1.88. The molecule has 0 saturated heterocycles. The molecular formula is C19H25N3O2. The number of rotatable bonds is 4. The van der Waals surface area contributed by atoms with Gasteiger partial charge in [-0.1, -0.05) is 18.9 Å². The van der Waals surface area contributed by atoms with Crippen LogP contribution in [0.15, 0.2) is 24.4 Å². The predicted molar refractivity (Wildman–Crippen MR) is 92.1 cm³/mol. The van der Waals surface area contributed by atoms with Gasteiger partial charge in [-0.2, -0.15) is 0 Å². The van der Waals surface area contributed by atoms with E-state index in [2.05, 4.69) is 4.40 Å². The molecular weight excluding hydrogens is 302 g/mol. The van der Waals surface area contributed by atoms with Gasteiger partial charge in [0.15, 0.2) is 5.69 Å². The summed E-state index contributed by atoms with van der Waals surface area (Å²) in [6.07, 6.45) is 8.11. The van der Waals surface area contributed by atoms with Gasteiger partial charge in [-0.05, 0) is 37.8 Å². The normalized spacial score (nSPS) is 24.2. The molecule has 2 unspecified atom stereocenters. The molecule has 128 valence electrons. The van der Waals surface area contributed by atoms with E-state index in [0.717, 1.165) is 49.9 Å². The summed E-state index contributed by atoms with van der Waals surface area (Å²) in [4.78, 5) is 19.4. The number of aliphatic hydroxyl groups excluding tert-OH is 1. The first-order valence-electron chi connectivity index (χ1n) is 9.05. The van der Waals surface area contributed by atoms with Crippen LogP contribution in [-0.2, 0) is 0 Å². The highest BCUT2D eigenvalue weighted by Crippen LogP contribution is 2.40. The molecule has 5 heteroatoms. The van der Waals surface area contributed by atoms with Gasteiger partial charge in [0, 0.05) is 31.6 Å². The first-order chi connectivity index (χ1) is 11.6. The Bertz CT molecular complexity index is 750. The van der Waals surface area contributed by atoms with Gasteiger partial charge < -0.3 is 14.4 Å². The number of amides is 1. The zero-order valence-corrected chi connectivity index (χ0v) is 14.2. The van der Waals surface area contributed by atoms with Gasteiger partial charge in [-0.3, -0.25) is 4.79 Å². The Labute approximate surface area is 142 Å². The van der Waals surface area contributed by atoms with Crippen LogP contribution >= 0.6 is 0 Å². The highest BCUT2D eigenvalue weighted by molar-refractivity contribution is 5.99. The molecule has 0 spiro atoms. The first-order valence-corrected chi connectivity index (χ1v) is 9.05. The second-order valence-electron chi connectivity index (χ2n) is 7.35. The molecule has 2 saturated carbocycles. The second-order valence-corrected chi connectivity index (χ2v) is 7.35. The SMILES string of the molecule is CN(CC1CCCCC1O)C(=O)c1nc(C2CC2)n2ccccc12. The summed E-state index contributed by atoms with van der Waals surface area (Å²) in [5, 5.41) is 10.2. The summed E-state index contributed by atoms with van der Waals surface area (Å²) in [7, 11) is 1.83. The van der Waals surface area contributed by atoms with Crippen LogP contribution in [0.4, 0.5) is 0 Å². The Kier molecular flexibility index (Phi) is 4.04. The number of pyridine rings is 1. The van der Waals surface area contributed by atoms with E-state index in [-0.39, 0.29) is 17.9 Å². The van der Waals surface area contributed by atoms with Crippen molar-refractivity contribution in [1.29, 1.82) is 0 Å². The quantitative estimate of drug-likeness (QED) is 0.939. The molecule has 2 fully saturated rings. The lowest BCUT2D eigenvalue weighted by atomic mass is 9.86. The molecule has 2 heterocycles. The average Bonchev–Trinajstić information content (AvgIpc) is 3.37. The van der Waals surface area contributed by atoms with Gasteiger partial charge in [-0.25, -0.2) is 4.98 Å². The van der Waals surface area contributed by atoms with Crippen LogP contribution in [0.2, 0.25) is 0 Å². The van der Waals surface area contributed by atoms with Crippen molar-refractivity contribution in [3.63, 3.8) is 0 Å². The van der Waals surface area contributed by atoms with Crippen LogP contribution in [0.25, 0.3) is 5.52 Å². The third-order valence-electron chi connectivity index (χ3n) is 5.44. The number of nitrogens with zero attached hydrogens (tertiary/aromatic N) is 3. The number of carbonyl (C=O) groups excluding carboxylic acids is 1. The number of imidazole rings is 1. The maximum atomic E-state index is 13.0. The van der Waals surface area contributed by atoms with E-state index < -0.39 is 0 Å². The number of carbonyl (C=O) groups is 1. The monoisotopic (exact) mass is 327 g/mol. The maximum absolute atomic E-state index is 13.0. The Morgan fingerprint density at radius 3 is 2.83 bits per heavy atom. The fourth-order valence-corrected chi connectivity index (χ4v) is 3.86. The Morgan fingerprint density at radius 1 is 1.29 bits per heavy atom. The first kappa shape index (κ1) is 15.6. The molecule has 2 aliphatic rings. The number of hydrogen-bond donors (Lipinski definition) is 1. The molecule has 2 atom stereocenters. The molecule has 0 bridgehead atoms. The molecule has 1 amide bonds. The summed E-state index contributed by atoms with van der Waals surface area (Å²) in [5.41, 5.74) is 1.44. The number of aromatic nitrogens is 2.